The zero-order valence-corrected chi connectivity index (χ0v) is 15.5. The fourth-order valence-electron chi connectivity index (χ4n) is 1.98. The second kappa shape index (κ2) is 9.32. The Hall–Kier alpha value is -3.67. The van der Waals surface area contributed by atoms with Gasteiger partial charge in [0, 0.05) is 11.1 Å². The van der Waals surface area contributed by atoms with Gasteiger partial charge in [0.15, 0.2) is 11.6 Å². The van der Waals surface area contributed by atoms with Gasteiger partial charge in [-0.15, -0.1) is 0 Å². The van der Waals surface area contributed by atoms with Crippen LogP contribution in [0.5, 0.6) is 11.5 Å². The van der Waals surface area contributed by atoms with Crippen LogP contribution in [0.15, 0.2) is 79.3 Å². The third-order valence-electron chi connectivity index (χ3n) is 3.45. The van der Waals surface area contributed by atoms with Gasteiger partial charge in [0.05, 0.1) is 0 Å². The monoisotopic (exact) mass is 382 g/mol. The Balaban J connectivity index is 2.04. The molecule has 0 N–H and O–H groups in total. The molecule has 0 unspecified atom stereocenters. The Bertz CT molecular complexity index is 942. The van der Waals surface area contributed by atoms with E-state index in [1.165, 1.54) is 19.1 Å². The number of halogens is 1. The summed E-state index contributed by atoms with van der Waals surface area (Å²) in [4.78, 5) is 22.7. The van der Waals surface area contributed by atoms with Gasteiger partial charge in [-0.2, -0.15) is 0 Å². The summed E-state index contributed by atoms with van der Waals surface area (Å²) in [6, 6.07) is 11.0. The third kappa shape index (κ3) is 5.67. The van der Waals surface area contributed by atoms with Gasteiger partial charge in [0.1, 0.15) is 18.3 Å². The maximum Gasteiger partial charge on any atom is 0.338 e. The molecule has 0 aromatic heterocycles. The summed E-state index contributed by atoms with van der Waals surface area (Å²) in [7, 11) is 0. The maximum absolute atomic E-state index is 14.2. The Morgan fingerprint density at radius 1 is 0.893 bits per heavy atom. The van der Waals surface area contributed by atoms with E-state index in [1.807, 2.05) is 0 Å². The summed E-state index contributed by atoms with van der Waals surface area (Å²) < 4.78 is 29.2. The molecule has 144 valence electrons. The molecule has 0 atom stereocenters. The average Bonchev–Trinajstić information content (AvgIpc) is 2.66. The number of carbonyl (C=O) groups is 2. The molecule has 0 amide bonds. The smallest absolute Gasteiger partial charge is 0.338 e. The lowest BCUT2D eigenvalue weighted by atomic mass is 10.1. The van der Waals surface area contributed by atoms with Gasteiger partial charge in [-0.1, -0.05) is 31.4 Å². The summed E-state index contributed by atoms with van der Waals surface area (Å²) in [5.74, 6) is -1.37. The van der Waals surface area contributed by atoms with Crippen LogP contribution in [0.2, 0.25) is 0 Å². The molecule has 0 radical (unpaired) electrons. The zero-order chi connectivity index (χ0) is 20.7. The van der Waals surface area contributed by atoms with E-state index >= 15 is 0 Å². The average molecular weight is 382 g/mol. The van der Waals surface area contributed by atoms with Crippen molar-refractivity contribution in [2.75, 3.05) is 0 Å². The summed E-state index contributed by atoms with van der Waals surface area (Å²) in [6.45, 7) is 10.0. The predicted octanol–water partition coefficient (Wildman–Crippen LogP) is 4.94. The molecule has 6 heteroatoms. The minimum absolute atomic E-state index is 0.0293. The maximum atomic E-state index is 14.2. The lowest BCUT2D eigenvalue weighted by molar-refractivity contribution is -0.133. The van der Waals surface area contributed by atoms with Crippen LogP contribution >= 0.6 is 0 Å². The molecular formula is C22H19FO5. The lowest BCUT2D eigenvalue weighted by Crippen LogP contribution is -2.07. The van der Waals surface area contributed by atoms with Gasteiger partial charge in [-0.3, -0.25) is 0 Å². The van der Waals surface area contributed by atoms with E-state index in [4.69, 9.17) is 14.2 Å². The topological polar surface area (TPSA) is 61.8 Å². The molecule has 0 saturated heterocycles. The Kier molecular flexibility index (Phi) is 6.87. The van der Waals surface area contributed by atoms with Crippen LogP contribution in [-0.2, 0) is 14.3 Å². The van der Waals surface area contributed by atoms with E-state index in [0.717, 1.165) is 18.1 Å². The molecule has 2 aromatic carbocycles. The molecule has 5 nitrogen and oxygen atoms in total. The van der Waals surface area contributed by atoms with Crippen molar-refractivity contribution in [2.24, 2.45) is 0 Å². The lowest BCUT2D eigenvalue weighted by Gasteiger charge is -2.07. The molecule has 0 aliphatic carbocycles. The molecule has 0 aliphatic heterocycles. The summed E-state index contributed by atoms with van der Waals surface area (Å²) in [6.07, 6.45) is 2.07. The molecule has 0 aliphatic rings. The molecular weight excluding hydrogens is 363 g/mol. The first kappa shape index (κ1) is 20.6. The van der Waals surface area contributed by atoms with Gasteiger partial charge in [0.2, 0.25) is 0 Å². The highest BCUT2D eigenvalue weighted by Gasteiger charge is 2.08. The van der Waals surface area contributed by atoms with E-state index in [1.54, 1.807) is 37.3 Å². The minimum Gasteiger partial charge on any atom is -0.459 e. The summed E-state index contributed by atoms with van der Waals surface area (Å²) in [5, 5.41) is 0. The van der Waals surface area contributed by atoms with Gasteiger partial charge in [-0.05, 0) is 49.2 Å². The van der Waals surface area contributed by atoms with Crippen molar-refractivity contribution in [2.45, 2.75) is 13.8 Å². The second-order valence-electron chi connectivity index (χ2n) is 5.92. The van der Waals surface area contributed by atoms with E-state index in [-0.39, 0.29) is 11.3 Å². The zero-order valence-electron chi connectivity index (χ0n) is 15.5. The van der Waals surface area contributed by atoms with Crippen molar-refractivity contribution in [3.05, 3.63) is 85.1 Å². The Labute approximate surface area is 162 Å². The van der Waals surface area contributed by atoms with E-state index in [2.05, 4.69) is 13.2 Å². The van der Waals surface area contributed by atoms with Crippen LogP contribution < -0.4 is 9.47 Å². The SMILES string of the molecule is C=C(C)C(=O)O/C=C\Oc1ccc(-c2ccc(OC(=O)C(=C)C)cc2)cc1F. The molecule has 0 fully saturated rings. The highest BCUT2D eigenvalue weighted by molar-refractivity contribution is 5.89. The number of hydrogen-bond acceptors (Lipinski definition) is 5. The van der Waals surface area contributed by atoms with Crippen LogP contribution in [-0.4, -0.2) is 11.9 Å². The first-order valence-corrected chi connectivity index (χ1v) is 8.23. The molecule has 28 heavy (non-hydrogen) atoms. The van der Waals surface area contributed by atoms with Crippen LogP contribution in [0.1, 0.15) is 13.8 Å². The highest BCUT2D eigenvalue weighted by Crippen LogP contribution is 2.27. The van der Waals surface area contributed by atoms with Crippen molar-refractivity contribution in [3.8, 4) is 22.6 Å². The van der Waals surface area contributed by atoms with Crippen molar-refractivity contribution in [3.63, 3.8) is 0 Å². The van der Waals surface area contributed by atoms with Crippen molar-refractivity contribution in [1.82, 2.24) is 0 Å². The summed E-state index contributed by atoms with van der Waals surface area (Å²) in [5.41, 5.74) is 1.87. The first-order chi connectivity index (χ1) is 13.3. The fourth-order valence-corrected chi connectivity index (χ4v) is 1.98. The molecule has 2 aromatic rings. The highest BCUT2D eigenvalue weighted by atomic mass is 19.1. The van der Waals surface area contributed by atoms with Crippen molar-refractivity contribution in [1.29, 1.82) is 0 Å². The minimum atomic E-state index is -0.604. The molecule has 2 rings (SSSR count). The number of rotatable bonds is 7. The van der Waals surface area contributed by atoms with Gasteiger partial charge in [0.25, 0.3) is 0 Å². The van der Waals surface area contributed by atoms with Crippen LogP contribution in [0.3, 0.4) is 0 Å². The number of carbonyl (C=O) groups excluding carboxylic acids is 2. The standard InChI is InChI=1S/C22H19FO5/c1-14(2)21(24)27-12-11-26-20-10-7-17(13-19(20)23)16-5-8-18(9-6-16)28-22(25)15(3)4/h5-13H,1,3H2,2,4H3/b12-11-. The van der Waals surface area contributed by atoms with E-state index < -0.39 is 17.8 Å². The number of hydrogen-bond donors (Lipinski definition) is 0. The fraction of sp³-hybridized carbons (Fsp3) is 0.0909. The normalized spacial score (nSPS) is 10.4. The molecule has 0 heterocycles. The molecule has 0 saturated carbocycles. The third-order valence-corrected chi connectivity index (χ3v) is 3.45. The number of ether oxygens (including phenoxy) is 3. The number of benzene rings is 2. The molecule has 0 bridgehead atoms. The van der Waals surface area contributed by atoms with Crippen LogP contribution in [0, 0.1) is 5.82 Å². The Morgan fingerprint density at radius 2 is 1.50 bits per heavy atom. The summed E-state index contributed by atoms with van der Waals surface area (Å²) >= 11 is 0. The van der Waals surface area contributed by atoms with Gasteiger partial charge >= 0.3 is 11.9 Å². The van der Waals surface area contributed by atoms with Crippen LogP contribution in [0.4, 0.5) is 4.39 Å². The molecule has 0 spiro atoms. The van der Waals surface area contributed by atoms with Gasteiger partial charge in [-0.25, -0.2) is 14.0 Å². The van der Waals surface area contributed by atoms with Gasteiger partial charge < -0.3 is 14.2 Å². The quantitative estimate of drug-likeness (QED) is 0.294. The van der Waals surface area contributed by atoms with Crippen molar-refractivity contribution < 1.29 is 28.2 Å². The van der Waals surface area contributed by atoms with Crippen LogP contribution in [0.25, 0.3) is 11.1 Å². The van der Waals surface area contributed by atoms with Crippen molar-refractivity contribution >= 4 is 11.9 Å². The Morgan fingerprint density at radius 3 is 2.07 bits per heavy atom. The second-order valence-corrected chi connectivity index (χ2v) is 5.92. The number of esters is 2. The van der Waals surface area contributed by atoms with E-state index in [0.29, 0.717) is 16.9 Å². The predicted molar refractivity (Wildman–Crippen MR) is 103 cm³/mol. The van der Waals surface area contributed by atoms with E-state index in [9.17, 15) is 14.0 Å². The largest absolute Gasteiger partial charge is 0.459 e. The first-order valence-electron chi connectivity index (χ1n) is 8.23.